The van der Waals surface area contributed by atoms with E-state index in [1.165, 1.54) is 19.3 Å². The Balaban J connectivity index is 0.00000210. The Labute approximate surface area is 177 Å². The average molecular weight is 487 g/mol. The Morgan fingerprint density at radius 3 is 2.93 bits per heavy atom. The van der Waals surface area contributed by atoms with E-state index in [-0.39, 0.29) is 35.3 Å². The molecule has 2 saturated heterocycles. The number of hydrogen-bond acceptors (Lipinski definition) is 4. The maximum atomic E-state index is 11.7. The molecule has 27 heavy (non-hydrogen) atoms. The van der Waals surface area contributed by atoms with Crippen LogP contribution in [0.1, 0.15) is 50.2 Å². The first-order valence-corrected chi connectivity index (χ1v) is 9.82. The molecule has 8 nitrogen and oxygen atoms in total. The van der Waals surface area contributed by atoms with Crippen molar-refractivity contribution in [2.45, 2.75) is 58.0 Å². The van der Waals surface area contributed by atoms with Gasteiger partial charge in [0.25, 0.3) is 0 Å². The van der Waals surface area contributed by atoms with Crippen LogP contribution in [0.4, 0.5) is 0 Å². The number of aryl methyl sites for hydroxylation is 1. The molecule has 3 aliphatic heterocycles. The van der Waals surface area contributed by atoms with Gasteiger partial charge < -0.3 is 20.1 Å². The maximum absolute atomic E-state index is 11.7. The standard InChI is InChI=1S/C18H29N7O.HI/c1-19-17(24-8-5-7-18(13-24)10-16(26)21-12-18)20-11-15-23-22-14-6-3-2-4-9-25(14)15;/h2-13H2,1H3,(H,19,20)(H,21,26);1H. The highest BCUT2D eigenvalue weighted by atomic mass is 127. The number of piperidine rings is 1. The molecule has 2 N–H and O–H groups in total. The summed E-state index contributed by atoms with van der Waals surface area (Å²) in [5.74, 6) is 3.18. The van der Waals surface area contributed by atoms with Crippen molar-refractivity contribution in [1.82, 2.24) is 30.3 Å². The number of nitrogens with zero attached hydrogens (tertiary/aromatic N) is 5. The lowest BCUT2D eigenvalue weighted by molar-refractivity contribution is -0.119. The summed E-state index contributed by atoms with van der Waals surface area (Å²) in [6.45, 7) is 4.30. The Hall–Kier alpha value is -1.39. The number of guanidine groups is 1. The minimum Gasteiger partial charge on any atom is -0.355 e. The van der Waals surface area contributed by atoms with Gasteiger partial charge in [-0.2, -0.15) is 0 Å². The van der Waals surface area contributed by atoms with Crippen molar-refractivity contribution >= 4 is 35.8 Å². The fraction of sp³-hybridized carbons (Fsp3) is 0.778. The van der Waals surface area contributed by atoms with Gasteiger partial charge in [0.2, 0.25) is 5.91 Å². The molecule has 0 bridgehead atoms. The van der Waals surface area contributed by atoms with Gasteiger partial charge in [0, 0.05) is 51.5 Å². The van der Waals surface area contributed by atoms with Crippen molar-refractivity contribution in [2.24, 2.45) is 10.4 Å². The maximum Gasteiger partial charge on any atom is 0.220 e. The van der Waals surface area contributed by atoms with Crippen molar-refractivity contribution in [3.05, 3.63) is 11.6 Å². The van der Waals surface area contributed by atoms with Crippen LogP contribution in [0.15, 0.2) is 4.99 Å². The smallest absolute Gasteiger partial charge is 0.220 e. The van der Waals surface area contributed by atoms with Crippen LogP contribution in [-0.2, 0) is 24.3 Å². The molecule has 1 unspecified atom stereocenters. The third kappa shape index (κ3) is 4.38. The van der Waals surface area contributed by atoms with Crippen molar-refractivity contribution in [1.29, 1.82) is 0 Å². The highest BCUT2D eigenvalue weighted by Crippen LogP contribution is 2.36. The van der Waals surface area contributed by atoms with E-state index in [0.717, 1.165) is 63.0 Å². The minimum absolute atomic E-state index is 0. The van der Waals surface area contributed by atoms with Gasteiger partial charge in [-0.25, -0.2) is 0 Å². The summed E-state index contributed by atoms with van der Waals surface area (Å²) in [4.78, 5) is 18.5. The second-order valence-electron chi connectivity index (χ2n) is 7.87. The molecule has 4 rings (SSSR count). The van der Waals surface area contributed by atoms with Crippen LogP contribution in [-0.4, -0.2) is 58.2 Å². The van der Waals surface area contributed by atoms with E-state index in [0.29, 0.717) is 13.0 Å². The van der Waals surface area contributed by atoms with E-state index < -0.39 is 0 Å². The summed E-state index contributed by atoms with van der Waals surface area (Å²) in [5.41, 5.74) is 0.0684. The van der Waals surface area contributed by atoms with Crippen LogP contribution in [0.2, 0.25) is 0 Å². The summed E-state index contributed by atoms with van der Waals surface area (Å²) >= 11 is 0. The predicted octanol–water partition coefficient (Wildman–Crippen LogP) is 1.30. The molecule has 9 heteroatoms. The highest BCUT2D eigenvalue weighted by molar-refractivity contribution is 14.0. The quantitative estimate of drug-likeness (QED) is 0.373. The van der Waals surface area contributed by atoms with Gasteiger partial charge in [-0.1, -0.05) is 6.42 Å². The summed E-state index contributed by atoms with van der Waals surface area (Å²) in [6.07, 6.45) is 7.53. The van der Waals surface area contributed by atoms with E-state index in [2.05, 4.69) is 35.3 Å². The van der Waals surface area contributed by atoms with Crippen molar-refractivity contribution in [2.75, 3.05) is 26.7 Å². The highest BCUT2D eigenvalue weighted by Gasteiger charge is 2.42. The fourth-order valence-corrected chi connectivity index (χ4v) is 4.60. The molecule has 0 saturated carbocycles. The van der Waals surface area contributed by atoms with Gasteiger partial charge in [0.15, 0.2) is 11.8 Å². The predicted molar refractivity (Wildman–Crippen MR) is 114 cm³/mol. The second kappa shape index (κ2) is 8.74. The summed E-state index contributed by atoms with van der Waals surface area (Å²) in [5, 5.41) is 15.2. The first kappa shape index (κ1) is 20.3. The zero-order valence-electron chi connectivity index (χ0n) is 16.0. The molecule has 2 fully saturated rings. The number of carbonyl (C=O) groups excluding carboxylic acids is 1. The Morgan fingerprint density at radius 1 is 1.26 bits per heavy atom. The lowest BCUT2D eigenvalue weighted by Gasteiger charge is -2.40. The van der Waals surface area contributed by atoms with E-state index in [4.69, 9.17) is 0 Å². The molecular weight excluding hydrogens is 457 g/mol. The zero-order valence-corrected chi connectivity index (χ0v) is 18.4. The number of hydrogen-bond donors (Lipinski definition) is 2. The number of aliphatic imine (C=N–C) groups is 1. The first-order chi connectivity index (χ1) is 12.7. The van der Waals surface area contributed by atoms with Crippen LogP contribution in [0.5, 0.6) is 0 Å². The Kier molecular flexibility index (Phi) is 6.59. The van der Waals surface area contributed by atoms with E-state index in [1.807, 2.05) is 7.05 Å². The zero-order chi connectivity index (χ0) is 18.0. The monoisotopic (exact) mass is 487 g/mol. The van der Waals surface area contributed by atoms with Gasteiger partial charge >= 0.3 is 0 Å². The number of amides is 1. The number of aromatic nitrogens is 3. The Morgan fingerprint density at radius 2 is 2.15 bits per heavy atom. The van der Waals surface area contributed by atoms with E-state index in [1.54, 1.807) is 0 Å². The van der Waals surface area contributed by atoms with Crippen molar-refractivity contribution < 1.29 is 4.79 Å². The number of nitrogens with one attached hydrogen (secondary N) is 2. The molecule has 1 atom stereocenters. The molecule has 4 heterocycles. The number of halogens is 1. The SMILES string of the molecule is CN=C(NCc1nnc2n1CCCCC2)N1CCCC2(CNC(=O)C2)C1.I. The minimum atomic E-state index is 0. The van der Waals surface area contributed by atoms with E-state index >= 15 is 0 Å². The van der Waals surface area contributed by atoms with E-state index in [9.17, 15) is 4.79 Å². The molecule has 0 radical (unpaired) electrons. The van der Waals surface area contributed by atoms with Crippen molar-refractivity contribution in [3.63, 3.8) is 0 Å². The summed E-state index contributed by atoms with van der Waals surface area (Å²) < 4.78 is 2.27. The molecule has 150 valence electrons. The van der Waals surface area contributed by atoms with Gasteiger partial charge in [-0.3, -0.25) is 9.79 Å². The van der Waals surface area contributed by atoms with Crippen molar-refractivity contribution in [3.8, 4) is 0 Å². The van der Waals surface area contributed by atoms with Gasteiger partial charge in [-0.15, -0.1) is 34.2 Å². The number of carbonyl (C=O) groups is 1. The van der Waals surface area contributed by atoms with Crippen LogP contribution < -0.4 is 10.6 Å². The largest absolute Gasteiger partial charge is 0.355 e. The van der Waals surface area contributed by atoms with Crippen LogP contribution >= 0.6 is 24.0 Å². The lowest BCUT2D eigenvalue weighted by Crippen LogP contribution is -2.51. The normalized spacial score (nSPS) is 25.6. The topological polar surface area (TPSA) is 87.4 Å². The molecule has 1 aromatic heterocycles. The second-order valence-corrected chi connectivity index (χ2v) is 7.87. The molecule has 3 aliphatic rings. The molecule has 1 amide bonds. The fourth-order valence-electron chi connectivity index (χ4n) is 4.60. The van der Waals surface area contributed by atoms with Crippen LogP contribution in [0, 0.1) is 5.41 Å². The summed E-state index contributed by atoms with van der Waals surface area (Å²) in [6, 6.07) is 0. The number of rotatable bonds is 2. The number of likely N-dealkylation sites (tertiary alicyclic amines) is 1. The molecular formula is C18H30IN7O. The van der Waals surface area contributed by atoms with Gasteiger partial charge in [0.05, 0.1) is 6.54 Å². The van der Waals surface area contributed by atoms with Crippen LogP contribution in [0.25, 0.3) is 0 Å². The third-order valence-corrected chi connectivity index (χ3v) is 5.96. The molecule has 1 spiro atoms. The average Bonchev–Trinajstić information content (AvgIpc) is 3.10. The first-order valence-electron chi connectivity index (χ1n) is 9.82. The molecule has 0 aliphatic carbocycles. The lowest BCUT2D eigenvalue weighted by atomic mass is 9.79. The number of fused-ring (bicyclic) bond motifs is 1. The third-order valence-electron chi connectivity index (χ3n) is 5.96. The van der Waals surface area contributed by atoms with Crippen LogP contribution in [0.3, 0.4) is 0 Å². The van der Waals surface area contributed by atoms with Gasteiger partial charge in [-0.05, 0) is 25.7 Å². The summed E-state index contributed by atoms with van der Waals surface area (Å²) in [7, 11) is 1.83. The molecule has 1 aromatic rings. The Bertz CT molecular complexity index is 704. The molecule has 0 aromatic carbocycles. The van der Waals surface area contributed by atoms with Gasteiger partial charge in [0.1, 0.15) is 5.82 Å².